The van der Waals surface area contributed by atoms with Crippen LogP contribution in [0.15, 0.2) is 36.7 Å². The maximum Gasteiger partial charge on any atom is 0.340 e. The number of nitrogens with two attached hydrogens (primary N) is 1. The molecule has 21 heavy (non-hydrogen) atoms. The van der Waals surface area contributed by atoms with Gasteiger partial charge in [0, 0.05) is 24.6 Å². The number of aromatic nitrogens is 1. The quantitative estimate of drug-likeness (QED) is 0.655. The Morgan fingerprint density at radius 1 is 1.38 bits per heavy atom. The molecular formula is C15H16ClN3O2. The van der Waals surface area contributed by atoms with E-state index in [0.717, 1.165) is 5.56 Å². The van der Waals surface area contributed by atoms with Gasteiger partial charge in [0.25, 0.3) is 0 Å². The van der Waals surface area contributed by atoms with Gasteiger partial charge in [-0.1, -0.05) is 11.6 Å². The zero-order chi connectivity index (χ0) is 15.2. The first kappa shape index (κ1) is 15.1. The van der Waals surface area contributed by atoms with Gasteiger partial charge >= 0.3 is 5.97 Å². The highest BCUT2D eigenvalue weighted by molar-refractivity contribution is 6.34. The number of ether oxygens (including phenoxy) is 1. The summed E-state index contributed by atoms with van der Waals surface area (Å²) in [6.45, 7) is 2.55. The second kappa shape index (κ2) is 6.95. The fourth-order valence-corrected chi connectivity index (χ4v) is 2.16. The molecule has 0 fully saturated rings. The standard InChI is InChI=1S/C15H16ClN3O2/c1-2-21-15(20)12-7-11(17)8-13(16)14(12)19-9-10-3-5-18-6-4-10/h3-8,19H,2,9,17H2,1H3. The smallest absolute Gasteiger partial charge is 0.340 e. The normalized spacial score (nSPS) is 10.2. The first-order valence-electron chi connectivity index (χ1n) is 6.50. The van der Waals surface area contributed by atoms with Crippen molar-refractivity contribution in [1.29, 1.82) is 0 Å². The summed E-state index contributed by atoms with van der Waals surface area (Å²) in [6.07, 6.45) is 3.40. The lowest BCUT2D eigenvalue weighted by molar-refractivity contribution is 0.0527. The van der Waals surface area contributed by atoms with Crippen LogP contribution < -0.4 is 11.1 Å². The maximum atomic E-state index is 12.0. The number of benzene rings is 1. The van der Waals surface area contributed by atoms with E-state index in [1.807, 2.05) is 12.1 Å². The van der Waals surface area contributed by atoms with Gasteiger partial charge in [0.2, 0.25) is 0 Å². The minimum atomic E-state index is -0.455. The number of hydrogen-bond acceptors (Lipinski definition) is 5. The molecule has 6 heteroatoms. The molecule has 0 atom stereocenters. The number of rotatable bonds is 5. The number of nitrogens with one attached hydrogen (secondary N) is 1. The van der Waals surface area contributed by atoms with E-state index in [1.165, 1.54) is 0 Å². The first-order valence-corrected chi connectivity index (χ1v) is 6.88. The van der Waals surface area contributed by atoms with Gasteiger partial charge in [0.1, 0.15) is 0 Å². The van der Waals surface area contributed by atoms with Crippen molar-refractivity contribution in [2.24, 2.45) is 0 Å². The number of hydrogen-bond donors (Lipinski definition) is 2. The van der Waals surface area contributed by atoms with Gasteiger partial charge in [-0.25, -0.2) is 4.79 Å². The van der Waals surface area contributed by atoms with Gasteiger partial charge in [0.15, 0.2) is 0 Å². The van der Waals surface area contributed by atoms with Gasteiger partial charge in [0.05, 0.1) is 22.9 Å². The molecule has 0 amide bonds. The summed E-state index contributed by atoms with van der Waals surface area (Å²) in [7, 11) is 0. The zero-order valence-electron chi connectivity index (χ0n) is 11.6. The Morgan fingerprint density at radius 3 is 2.76 bits per heavy atom. The molecule has 0 aliphatic carbocycles. The van der Waals surface area contributed by atoms with Crippen molar-refractivity contribution in [2.45, 2.75) is 13.5 Å². The number of carbonyl (C=O) groups is 1. The number of pyridine rings is 1. The molecule has 110 valence electrons. The van der Waals surface area contributed by atoms with E-state index < -0.39 is 5.97 Å². The van der Waals surface area contributed by atoms with E-state index in [4.69, 9.17) is 22.1 Å². The van der Waals surface area contributed by atoms with Gasteiger partial charge in [-0.2, -0.15) is 0 Å². The molecule has 3 N–H and O–H groups in total. The zero-order valence-corrected chi connectivity index (χ0v) is 12.4. The summed E-state index contributed by atoms with van der Waals surface area (Å²) in [4.78, 5) is 16.0. The monoisotopic (exact) mass is 305 g/mol. The molecule has 0 saturated carbocycles. The summed E-state index contributed by atoms with van der Waals surface area (Å²) >= 11 is 6.18. The summed E-state index contributed by atoms with van der Waals surface area (Å²) < 4.78 is 5.03. The van der Waals surface area contributed by atoms with Crippen LogP contribution in [0.4, 0.5) is 11.4 Å². The van der Waals surface area contributed by atoms with E-state index in [1.54, 1.807) is 31.5 Å². The van der Waals surface area contributed by atoms with Crippen LogP contribution in [0.2, 0.25) is 5.02 Å². The third kappa shape index (κ3) is 3.86. The molecule has 0 aliphatic rings. The van der Waals surface area contributed by atoms with E-state index >= 15 is 0 Å². The highest BCUT2D eigenvalue weighted by Gasteiger charge is 2.16. The van der Waals surface area contributed by atoms with Gasteiger partial charge in [-0.3, -0.25) is 4.98 Å². The molecular weight excluding hydrogens is 290 g/mol. The molecule has 0 bridgehead atoms. The van der Waals surface area contributed by atoms with Crippen molar-refractivity contribution >= 4 is 28.9 Å². The predicted octanol–water partition coefficient (Wildman–Crippen LogP) is 3.11. The Hall–Kier alpha value is -2.27. The number of carbonyl (C=O) groups excluding carboxylic acids is 1. The molecule has 2 aromatic rings. The average Bonchev–Trinajstić information content (AvgIpc) is 2.47. The third-order valence-corrected chi connectivity index (χ3v) is 3.12. The first-order chi connectivity index (χ1) is 10.1. The molecule has 2 rings (SSSR count). The van der Waals surface area contributed by atoms with Gasteiger partial charge in [-0.15, -0.1) is 0 Å². The largest absolute Gasteiger partial charge is 0.462 e. The second-order valence-electron chi connectivity index (χ2n) is 4.35. The molecule has 1 heterocycles. The molecule has 0 saturated heterocycles. The van der Waals surface area contributed by atoms with Crippen molar-refractivity contribution in [3.8, 4) is 0 Å². The highest BCUT2D eigenvalue weighted by atomic mass is 35.5. The van der Waals surface area contributed by atoms with Gasteiger partial charge in [-0.05, 0) is 36.8 Å². The van der Waals surface area contributed by atoms with Crippen molar-refractivity contribution in [3.05, 3.63) is 52.8 Å². The summed E-state index contributed by atoms with van der Waals surface area (Å²) in [5.41, 5.74) is 8.02. The number of esters is 1. The lowest BCUT2D eigenvalue weighted by Gasteiger charge is -2.14. The molecule has 1 aromatic carbocycles. The Labute approximate surface area is 128 Å². The van der Waals surface area contributed by atoms with Crippen LogP contribution in [0.3, 0.4) is 0 Å². The second-order valence-corrected chi connectivity index (χ2v) is 4.76. The van der Waals surface area contributed by atoms with E-state index in [2.05, 4.69) is 10.3 Å². The lowest BCUT2D eigenvalue weighted by atomic mass is 10.1. The minimum absolute atomic E-state index is 0.287. The fourth-order valence-electron chi connectivity index (χ4n) is 1.87. The summed E-state index contributed by atoms with van der Waals surface area (Å²) in [5.74, 6) is -0.455. The summed E-state index contributed by atoms with van der Waals surface area (Å²) in [6, 6.07) is 6.91. The summed E-state index contributed by atoms with van der Waals surface area (Å²) in [5, 5.41) is 3.53. The van der Waals surface area contributed by atoms with Crippen LogP contribution in [0.1, 0.15) is 22.8 Å². The molecule has 5 nitrogen and oxygen atoms in total. The van der Waals surface area contributed by atoms with Crippen LogP contribution in [0.25, 0.3) is 0 Å². The van der Waals surface area contributed by atoms with E-state index in [0.29, 0.717) is 28.5 Å². The third-order valence-electron chi connectivity index (χ3n) is 2.83. The highest BCUT2D eigenvalue weighted by Crippen LogP contribution is 2.30. The Balaban J connectivity index is 2.26. The topological polar surface area (TPSA) is 77.2 Å². The van der Waals surface area contributed by atoms with Crippen molar-refractivity contribution < 1.29 is 9.53 Å². The van der Waals surface area contributed by atoms with E-state index in [-0.39, 0.29) is 6.61 Å². The van der Waals surface area contributed by atoms with Crippen molar-refractivity contribution in [3.63, 3.8) is 0 Å². The molecule has 0 radical (unpaired) electrons. The number of halogens is 1. The number of nitrogen functional groups attached to an aromatic ring is 1. The average molecular weight is 306 g/mol. The maximum absolute atomic E-state index is 12.0. The SMILES string of the molecule is CCOC(=O)c1cc(N)cc(Cl)c1NCc1ccncc1. The number of nitrogens with zero attached hydrogens (tertiary/aromatic N) is 1. The van der Waals surface area contributed by atoms with Crippen LogP contribution in [-0.4, -0.2) is 17.6 Å². The van der Waals surface area contributed by atoms with Crippen molar-refractivity contribution in [1.82, 2.24) is 4.98 Å². The van der Waals surface area contributed by atoms with Crippen LogP contribution in [0, 0.1) is 0 Å². The molecule has 0 spiro atoms. The van der Waals surface area contributed by atoms with Crippen LogP contribution in [-0.2, 0) is 11.3 Å². The Kier molecular flexibility index (Phi) is 5.00. The Morgan fingerprint density at radius 2 is 2.10 bits per heavy atom. The molecule has 1 aromatic heterocycles. The van der Waals surface area contributed by atoms with Crippen LogP contribution in [0.5, 0.6) is 0 Å². The predicted molar refractivity (Wildman–Crippen MR) is 83.4 cm³/mol. The van der Waals surface area contributed by atoms with Crippen molar-refractivity contribution in [2.75, 3.05) is 17.7 Å². The molecule has 0 aliphatic heterocycles. The van der Waals surface area contributed by atoms with Crippen LogP contribution >= 0.6 is 11.6 Å². The molecule has 0 unspecified atom stereocenters. The lowest BCUT2D eigenvalue weighted by Crippen LogP contribution is -2.11. The number of anilines is 2. The Bertz CT molecular complexity index is 632. The van der Waals surface area contributed by atoms with E-state index in [9.17, 15) is 4.79 Å². The minimum Gasteiger partial charge on any atom is -0.462 e. The fraction of sp³-hybridized carbons (Fsp3) is 0.200. The van der Waals surface area contributed by atoms with Gasteiger partial charge < -0.3 is 15.8 Å².